The molecule has 1 aromatic heterocycles. The van der Waals surface area contributed by atoms with Crippen LogP contribution in [0.5, 0.6) is 0 Å². The summed E-state index contributed by atoms with van der Waals surface area (Å²) in [6.07, 6.45) is 8.61. The molecule has 1 N–H and O–H groups in total. The zero-order valence-electron chi connectivity index (χ0n) is 11.6. The van der Waals surface area contributed by atoms with Gasteiger partial charge in [0.05, 0.1) is 0 Å². The molecule has 1 heterocycles. The number of anilines is 1. The highest BCUT2D eigenvalue weighted by molar-refractivity contribution is 5.30. The first-order valence-electron chi connectivity index (χ1n) is 6.80. The van der Waals surface area contributed by atoms with E-state index in [0.717, 1.165) is 18.9 Å². The molecule has 1 aliphatic carbocycles. The molecule has 0 saturated heterocycles. The van der Waals surface area contributed by atoms with Crippen molar-refractivity contribution >= 4 is 5.82 Å². The molecule has 4 nitrogen and oxygen atoms in total. The molecule has 0 atom stereocenters. The van der Waals surface area contributed by atoms with Crippen LogP contribution >= 0.6 is 0 Å². The van der Waals surface area contributed by atoms with E-state index in [2.05, 4.69) is 10.3 Å². The smallest absolute Gasteiger partial charge is 0.293 e. The lowest BCUT2D eigenvalue weighted by Crippen LogP contribution is -2.35. The van der Waals surface area contributed by atoms with Gasteiger partial charge in [-0.1, -0.05) is 12.8 Å². The topological polar surface area (TPSA) is 46.9 Å². The molecular formula is C14H23N3O. The molecule has 18 heavy (non-hydrogen) atoms. The van der Waals surface area contributed by atoms with E-state index in [0.29, 0.717) is 5.82 Å². The van der Waals surface area contributed by atoms with Crippen LogP contribution in [-0.4, -0.2) is 16.1 Å². The molecule has 4 heteroatoms. The second-order valence-corrected chi connectivity index (χ2v) is 6.13. The van der Waals surface area contributed by atoms with Crippen molar-refractivity contribution in [3.63, 3.8) is 0 Å². The fourth-order valence-corrected chi connectivity index (χ4v) is 2.07. The number of hydrogen-bond acceptors (Lipinski definition) is 3. The van der Waals surface area contributed by atoms with Crippen molar-refractivity contribution in [3.05, 3.63) is 22.7 Å². The van der Waals surface area contributed by atoms with Crippen molar-refractivity contribution in [2.45, 2.75) is 52.0 Å². The lowest BCUT2D eigenvalue weighted by molar-refractivity contribution is 0.383. The average Bonchev–Trinajstić information content (AvgIpc) is 3.08. The van der Waals surface area contributed by atoms with Gasteiger partial charge in [0.1, 0.15) is 0 Å². The molecule has 1 saturated carbocycles. The summed E-state index contributed by atoms with van der Waals surface area (Å²) in [5.74, 6) is 1.42. The predicted molar refractivity (Wildman–Crippen MR) is 73.9 cm³/mol. The van der Waals surface area contributed by atoms with Crippen molar-refractivity contribution in [2.24, 2.45) is 5.92 Å². The number of nitrogens with one attached hydrogen (secondary N) is 1. The Morgan fingerprint density at radius 2 is 2.17 bits per heavy atom. The van der Waals surface area contributed by atoms with Gasteiger partial charge in [0.2, 0.25) is 0 Å². The van der Waals surface area contributed by atoms with Crippen LogP contribution in [-0.2, 0) is 5.54 Å². The van der Waals surface area contributed by atoms with Crippen LogP contribution in [0.2, 0.25) is 0 Å². The monoisotopic (exact) mass is 249 g/mol. The van der Waals surface area contributed by atoms with Gasteiger partial charge in [-0.25, -0.2) is 4.98 Å². The van der Waals surface area contributed by atoms with E-state index >= 15 is 0 Å². The second kappa shape index (κ2) is 5.12. The maximum Gasteiger partial charge on any atom is 0.293 e. The summed E-state index contributed by atoms with van der Waals surface area (Å²) >= 11 is 0. The van der Waals surface area contributed by atoms with E-state index in [1.807, 2.05) is 20.8 Å². The summed E-state index contributed by atoms with van der Waals surface area (Å²) < 4.78 is 1.73. The summed E-state index contributed by atoms with van der Waals surface area (Å²) in [4.78, 5) is 16.3. The third-order valence-corrected chi connectivity index (χ3v) is 3.34. The number of rotatable bonds is 5. The Hall–Kier alpha value is -1.32. The van der Waals surface area contributed by atoms with Crippen molar-refractivity contribution in [2.75, 3.05) is 11.9 Å². The van der Waals surface area contributed by atoms with Gasteiger partial charge in [-0.2, -0.15) is 0 Å². The number of aromatic nitrogens is 2. The van der Waals surface area contributed by atoms with Gasteiger partial charge >= 0.3 is 0 Å². The van der Waals surface area contributed by atoms with E-state index in [4.69, 9.17) is 0 Å². The first kappa shape index (κ1) is 13.1. The third-order valence-electron chi connectivity index (χ3n) is 3.34. The average molecular weight is 249 g/mol. The van der Waals surface area contributed by atoms with E-state index in [-0.39, 0.29) is 11.1 Å². The molecule has 2 rings (SSSR count). The maximum absolute atomic E-state index is 12.2. The molecule has 0 bridgehead atoms. The van der Waals surface area contributed by atoms with Gasteiger partial charge in [0.25, 0.3) is 5.56 Å². The SMILES string of the molecule is CC(C)(C)n1ccnc(NCCCC2CC2)c1=O. The first-order chi connectivity index (χ1) is 8.48. The molecule has 0 amide bonds. The minimum atomic E-state index is -0.204. The van der Waals surface area contributed by atoms with Gasteiger partial charge in [-0.3, -0.25) is 4.79 Å². The normalized spacial score (nSPS) is 15.7. The highest BCUT2D eigenvalue weighted by Gasteiger charge is 2.20. The van der Waals surface area contributed by atoms with E-state index in [1.165, 1.54) is 19.3 Å². The molecule has 0 aliphatic heterocycles. The lowest BCUT2D eigenvalue weighted by atomic mass is 10.1. The van der Waals surface area contributed by atoms with Gasteiger partial charge in [0.15, 0.2) is 5.82 Å². The fraction of sp³-hybridized carbons (Fsp3) is 0.714. The summed E-state index contributed by atoms with van der Waals surface area (Å²) in [5.41, 5.74) is -0.235. The third kappa shape index (κ3) is 3.34. The van der Waals surface area contributed by atoms with Crippen molar-refractivity contribution < 1.29 is 0 Å². The van der Waals surface area contributed by atoms with Crippen LogP contribution in [0.25, 0.3) is 0 Å². The summed E-state index contributed by atoms with van der Waals surface area (Å²) in [6.45, 7) is 6.90. The van der Waals surface area contributed by atoms with Crippen LogP contribution in [0.15, 0.2) is 17.2 Å². The van der Waals surface area contributed by atoms with Crippen LogP contribution in [0.3, 0.4) is 0 Å². The van der Waals surface area contributed by atoms with Crippen LogP contribution < -0.4 is 10.9 Å². The molecule has 1 fully saturated rings. The zero-order chi connectivity index (χ0) is 13.2. The Labute approximate surface area is 108 Å². The molecule has 0 radical (unpaired) electrons. The maximum atomic E-state index is 12.2. The molecule has 0 unspecified atom stereocenters. The van der Waals surface area contributed by atoms with Gasteiger partial charge in [-0.15, -0.1) is 0 Å². The van der Waals surface area contributed by atoms with Crippen LogP contribution in [0, 0.1) is 5.92 Å². The Morgan fingerprint density at radius 3 is 2.78 bits per heavy atom. The molecule has 0 aromatic carbocycles. The largest absolute Gasteiger partial charge is 0.365 e. The van der Waals surface area contributed by atoms with Gasteiger partial charge in [0, 0.05) is 24.5 Å². The second-order valence-electron chi connectivity index (χ2n) is 6.13. The van der Waals surface area contributed by atoms with Gasteiger partial charge in [-0.05, 0) is 39.5 Å². The standard InChI is InChI=1S/C14H23N3O/c1-14(2,3)17-10-9-16-12(13(17)18)15-8-4-5-11-6-7-11/h9-11H,4-8H2,1-3H3,(H,15,16). The fourth-order valence-electron chi connectivity index (χ4n) is 2.07. The van der Waals surface area contributed by atoms with Crippen LogP contribution in [0.4, 0.5) is 5.82 Å². The number of nitrogens with zero attached hydrogens (tertiary/aromatic N) is 2. The van der Waals surface area contributed by atoms with Crippen molar-refractivity contribution in [1.82, 2.24) is 9.55 Å². The lowest BCUT2D eigenvalue weighted by Gasteiger charge is -2.22. The minimum absolute atomic E-state index is 0.0311. The van der Waals surface area contributed by atoms with Crippen molar-refractivity contribution in [1.29, 1.82) is 0 Å². The first-order valence-corrected chi connectivity index (χ1v) is 6.80. The molecule has 1 aromatic rings. The van der Waals surface area contributed by atoms with E-state index in [1.54, 1.807) is 17.0 Å². The highest BCUT2D eigenvalue weighted by Crippen LogP contribution is 2.33. The molecular weight excluding hydrogens is 226 g/mol. The molecule has 1 aliphatic rings. The van der Waals surface area contributed by atoms with E-state index in [9.17, 15) is 4.79 Å². The molecule has 100 valence electrons. The number of hydrogen-bond donors (Lipinski definition) is 1. The quantitative estimate of drug-likeness (QED) is 0.816. The van der Waals surface area contributed by atoms with Gasteiger partial charge < -0.3 is 9.88 Å². The summed E-state index contributed by atoms with van der Waals surface area (Å²) in [6, 6.07) is 0. The minimum Gasteiger partial charge on any atom is -0.365 e. The Kier molecular flexibility index (Phi) is 3.73. The summed E-state index contributed by atoms with van der Waals surface area (Å²) in [7, 11) is 0. The predicted octanol–water partition coefficient (Wildman–Crippen LogP) is 2.60. The van der Waals surface area contributed by atoms with Crippen molar-refractivity contribution in [3.8, 4) is 0 Å². The summed E-state index contributed by atoms with van der Waals surface area (Å²) in [5, 5.41) is 3.16. The zero-order valence-corrected chi connectivity index (χ0v) is 11.6. The van der Waals surface area contributed by atoms with Crippen LogP contribution in [0.1, 0.15) is 46.5 Å². The molecule has 0 spiro atoms. The Balaban J connectivity index is 1.97. The Bertz CT molecular complexity index is 455. The van der Waals surface area contributed by atoms with E-state index < -0.39 is 0 Å². The highest BCUT2D eigenvalue weighted by atomic mass is 16.1. The Morgan fingerprint density at radius 1 is 1.44 bits per heavy atom.